The molecule has 1 aromatic carbocycles. The molecule has 12 heteroatoms. The summed E-state index contributed by atoms with van der Waals surface area (Å²) in [5.74, 6) is -0.312. The molecule has 4 rings (SSSR count). The molecule has 2 aromatic rings. The number of nitriles is 1. The summed E-state index contributed by atoms with van der Waals surface area (Å²) in [6.45, 7) is 8.06. The average molecular weight is 592 g/mol. The lowest BCUT2D eigenvalue weighted by molar-refractivity contribution is -0.137. The molecule has 2 aliphatic rings. The van der Waals surface area contributed by atoms with Gasteiger partial charge in [0.05, 0.1) is 28.4 Å². The molecule has 40 heavy (non-hydrogen) atoms. The van der Waals surface area contributed by atoms with E-state index >= 15 is 0 Å². The highest BCUT2D eigenvalue weighted by Gasteiger charge is 2.49. The number of thiocarbonyl (C=S) groups is 1. The molecule has 0 aliphatic carbocycles. The standard InChI is InChI=1S/C28H32F3N5O2S2/c1-27(2)25(38)36(22-8-7-20(18-32)23(17-22)28(29,30)31)26(39)35(27)13-5-3-4-10-33-11-6-12-34(15-14-33)24(37)21-9-16-40-19-21/h7-9,16-17,19H,3-6,10-15H2,1-2H3. The molecule has 0 unspecified atom stereocenters. The molecular weight excluding hydrogens is 559 g/mol. The fourth-order valence-electron chi connectivity index (χ4n) is 5.19. The lowest BCUT2D eigenvalue weighted by Gasteiger charge is -2.29. The Bertz CT molecular complexity index is 1290. The SMILES string of the molecule is CC1(C)C(=O)N(c2ccc(C#N)c(C(F)(F)F)c2)C(=S)N1CCCCCN1CCCN(C(=O)c2ccsc2)CC1. The Morgan fingerprint density at radius 2 is 1.85 bits per heavy atom. The summed E-state index contributed by atoms with van der Waals surface area (Å²) < 4.78 is 40.5. The van der Waals surface area contributed by atoms with Gasteiger partial charge in [0, 0.05) is 31.6 Å². The van der Waals surface area contributed by atoms with Crippen LogP contribution in [0.4, 0.5) is 18.9 Å². The van der Waals surface area contributed by atoms with E-state index < -0.39 is 28.7 Å². The summed E-state index contributed by atoms with van der Waals surface area (Å²) in [6, 6.07) is 6.64. The van der Waals surface area contributed by atoms with E-state index in [1.807, 2.05) is 21.7 Å². The molecule has 2 fully saturated rings. The number of halogens is 3. The third kappa shape index (κ3) is 6.32. The van der Waals surface area contributed by atoms with Crippen LogP contribution in [-0.4, -0.2) is 76.4 Å². The van der Waals surface area contributed by atoms with Crippen molar-refractivity contribution in [2.75, 3.05) is 44.2 Å². The monoisotopic (exact) mass is 591 g/mol. The topological polar surface area (TPSA) is 70.9 Å². The Hall–Kier alpha value is -3.01. The Morgan fingerprint density at radius 1 is 1.10 bits per heavy atom. The third-order valence-electron chi connectivity index (χ3n) is 7.51. The number of benzene rings is 1. The van der Waals surface area contributed by atoms with Gasteiger partial charge in [-0.15, -0.1) is 0 Å². The van der Waals surface area contributed by atoms with E-state index in [9.17, 15) is 22.8 Å². The molecule has 0 radical (unpaired) electrons. The summed E-state index contributed by atoms with van der Waals surface area (Å²) in [5.41, 5.74) is -1.85. The van der Waals surface area contributed by atoms with Crippen molar-refractivity contribution in [1.82, 2.24) is 14.7 Å². The third-order valence-corrected chi connectivity index (χ3v) is 8.60. The van der Waals surface area contributed by atoms with Crippen molar-refractivity contribution in [2.45, 2.75) is 51.2 Å². The molecule has 7 nitrogen and oxygen atoms in total. The Balaban J connectivity index is 1.29. The fourth-order valence-corrected chi connectivity index (χ4v) is 6.33. The predicted octanol–water partition coefficient (Wildman–Crippen LogP) is 5.37. The van der Waals surface area contributed by atoms with Crippen LogP contribution in [0.5, 0.6) is 0 Å². The first-order valence-electron chi connectivity index (χ1n) is 13.3. The van der Waals surface area contributed by atoms with Crippen LogP contribution >= 0.6 is 23.6 Å². The summed E-state index contributed by atoms with van der Waals surface area (Å²) in [6.07, 6.45) is -1.20. The van der Waals surface area contributed by atoms with Gasteiger partial charge in [-0.05, 0) is 88.1 Å². The van der Waals surface area contributed by atoms with Crippen LogP contribution < -0.4 is 4.90 Å². The number of amides is 2. The molecule has 0 saturated carbocycles. The van der Waals surface area contributed by atoms with Crippen LogP contribution in [0.3, 0.4) is 0 Å². The maximum Gasteiger partial charge on any atom is 0.417 e. The first-order chi connectivity index (χ1) is 18.9. The van der Waals surface area contributed by atoms with E-state index in [0.717, 1.165) is 74.5 Å². The highest BCUT2D eigenvalue weighted by molar-refractivity contribution is 7.80. The number of carbonyl (C=O) groups is 2. The molecule has 1 aromatic heterocycles. The second-order valence-corrected chi connectivity index (χ2v) is 11.7. The van der Waals surface area contributed by atoms with E-state index in [1.165, 1.54) is 17.4 Å². The minimum atomic E-state index is -4.73. The molecular formula is C28H32F3N5O2S2. The summed E-state index contributed by atoms with van der Waals surface area (Å²) >= 11 is 7.09. The second kappa shape index (κ2) is 12.2. The van der Waals surface area contributed by atoms with Crippen molar-refractivity contribution in [3.05, 3.63) is 51.7 Å². The largest absolute Gasteiger partial charge is 0.417 e. The molecule has 2 aliphatic heterocycles. The van der Waals surface area contributed by atoms with Gasteiger partial charge in [-0.2, -0.15) is 29.8 Å². The van der Waals surface area contributed by atoms with Crippen LogP contribution in [0.25, 0.3) is 0 Å². The van der Waals surface area contributed by atoms with Gasteiger partial charge in [0.1, 0.15) is 5.54 Å². The summed E-state index contributed by atoms with van der Waals surface area (Å²) in [4.78, 5) is 33.1. The zero-order valence-corrected chi connectivity index (χ0v) is 24.2. The van der Waals surface area contributed by atoms with E-state index in [0.29, 0.717) is 13.1 Å². The number of nitrogens with zero attached hydrogens (tertiary/aromatic N) is 5. The molecule has 0 atom stereocenters. The minimum absolute atomic E-state index is 0.00425. The van der Waals surface area contributed by atoms with Crippen molar-refractivity contribution >= 4 is 46.2 Å². The predicted molar refractivity (Wildman–Crippen MR) is 152 cm³/mol. The minimum Gasteiger partial charge on any atom is -0.337 e. The normalized spacial score (nSPS) is 18.2. The number of alkyl halides is 3. The second-order valence-electron chi connectivity index (χ2n) is 10.5. The van der Waals surface area contributed by atoms with Gasteiger partial charge < -0.3 is 14.7 Å². The van der Waals surface area contributed by atoms with Crippen LogP contribution in [0.2, 0.25) is 0 Å². The van der Waals surface area contributed by atoms with Gasteiger partial charge in [-0.3, -0.25) is 14.5 Å². The van der Waals surface area contributed by atoms with Gasteiger partial charge in [-0.25, -0.2) is 0 Å². The smallest absolute Gasteiger partial charge is 0.337 e. The zero-order valence-electron chi connectivity index (χ0n) is 22.5. The van der Waals surface area contributed by atoms with E-state index in [-0.39, 0.29) is 16.7 Å². The van der Waals surface area contributed by atoms with Crippen LogP contribution in [0, 0.1) is 11.3 Å². The van der Waals surface area contributed by atoms with Crippen molar-refractivity contribution in [3.63, 3.8) is 0 Å². The van der Waals surface area contributed by atoms with E-state index in [2.05, 4.69) is 4.90 Å². The first kappa shape index (κ1) is 30.0. The zero-order chi connectivity index (χ0) is 29.1. The molecule has 2 amide bonds. The maximum absolute atomic E-state index is 13.5. The summed E-state index contributed by atoms with van der Waals surface area (Å²) in [7, 11) is 0. The highest BCUT2D eigenvalue weighted by Crippen LogP contribution is 2.38. The first-order valence-corrected chi connectivity index (χ1v) is 14.6. The number of thiophene rings is 1. The van der Waals surface area contributed by atoms with Gasteiger partial charge in [0.15, 0.2) is 5.11 Å². The van der Waals surface area contributed by atoms with Crippen molar-refractivity contribution in [3.8, 4) is 6.07 Å². The Morgan fingerprint density at radius 3 is 2.52 bits per heavy atom. The van der Waals surface area contributed by atoms with Gasteiger partial charge in [-0.1, -0.05) is 6.42 Å². The quantitative estimate of drug-likeness (QED) is 0.304. The van der Waals surface area contributed by atoms with Gasteiger partial charge in [0.2, 0.25) is 0 Å². The molecule has 0 bridgehead atoms. The Labute approximate surface area is 241 Å². The molecule has 2 saturated heterocycles. The van der Waals surface area contributed by atoms with Crippen molar-refractivity contribution < 1.29 is 22.8 Å². The highest BCUT2D eigenvalue weighted by atomic mass is 32.1. The van der Waals surface area contributed by atoms with Crippen LogP contribution in [0.15, 0.2) is 35.0 Å². The van der Waals surface area contributed by atoms with Gasteiger partial charge >= 0.3 is 6.18 Å². The van der Waals surface area contributed by atoms with Gasteiger partial charge in [0.25, 0.3) is 11.8 Å². The fraction of sp³-hybridized carbons (Fsp3) is 0.500. The summed E-state index contributed by atoms with van der Waals surface area (Å²) in [5, 5.41) is 13.1. The average Bonchev–Trinajstić information content (AvgIpc) is 3.41. The van der Waals surface area contributed by atoms with Crippen LogP contribution in [-0.2, 0) is 11.0 Å². The van der Waals surface area contributed by atoms with E-state index in [1.54, 1.807) is 24.8 Å². The molecule has 0 spiro atoms. The molecule has 214 valence electrons. The maximum atomic E-state index is 13.5. The number of hydrogen-bond donors (Lipinski definition) is 0. The lowest BCUT2D eigenvalue weighted by Crippen LogP contribution is -2.44. The number of carbonyl (C=O) groups excluding carboxylic acids is 2. The molecule has 3 heterocycles. The molecule has 0 N–H and O–H groups in total. The van der Waals surface area contributed by atoms with Crippen LogP contribution in [0.1, 0.15) is 61.0 Å². The Kier molecular flexibility index (Phi) is 9.17. The number of unbranched alkanes of at least 4 members (excludes halogenated alkanes) is 2. The number of hydrogen-bond acceptors (Lipinski definition) is 6. The number of rotatable bonds is 8. The number of anilines is 1. The van der Waals surface area contributed by atoms with E-state index in [4.69, 9.17) is 17.5 Å². The van der Waals surface area contributed by atoms with Crippen molar-refractivity contribution in [2.24, 2.45) is 0 Å². The lowest BCUT2D eigenvalue weighted by atomic mass is 10.0. The van der Waals surface area contributed by atoms with Crippen molar-refractivity contribution in [1.29, 1.82) is 5.26 Å².